The number of amidine groups is 1. The molecule has 0 heterocycles. The van der Waals surface area contributed by atoms with Crippen LogP contribution in [0.4, 0.5) is 4.39 Å². The molecule has 0 aromatic heterocycles. The number of nitrogens with zero attached hydrogens (tertiary/aromatic N) is 1. The Morgan fingerprint density at radius 1 is 1.53 bits per heavy atom. The molecule has 0 bridgehead atoms. The predicted molar refractivity (Wildman–Crippen MR) is 57.3 cm³/mol. The summed E-state index contributed by atoms with van der Waals surface area (Å²) in [6, 6.07) is 2.82. The quantitative estimate of drug-likeness (QED) is 0.255. The van der Waals surface area contributed by atoms with Crippen molar-refractivity contribution in [1.82, 2.24) is 5.53 Å². The van der Waals surface area contributed by atoms with E-state index < -0.39 is 5.82 Å². The van der Waals surface area contributed by atoms with Gasteiger partial charge < -0.3 is 11.5 Å². The summed E-state index contributed by atoms with van der Waals surface area (Å²) in [6.07, 6.45) is 0. The Hall–Kier alpha value is -1.37. The minimum absolute atomic E-state index is 0.0305. The summed E-state index contributed by atoms with van der Waals surface area (Å²) in [5, 5.41) is 3.49. The van der Waals surface area contributed by atoms with Gasteiger partial charge in [0.2, 0.25) is 0 Å². The lowest BCUT2D eigenvalue weighted by atomic mass is 10.1. The van der Waals surface area contributed by atoms with Crippen LogP contribution in [0, 0.1) is 5.82 Å². The number of benzene rings is 1. The van der Waals surface area contributed by atoms with Crippen molar-refractivity contribution in [3.05, 3.63) is 34.1 Å². The second kappa shape index (κ2) is 4.92. The van der Waals surface area contributed by atoms with Gasteiger partial charge in [-0.15, -0.1) is 5.10 Å². The van der Waals surface area contributed by atoms with Crippen LogP contribution in [0.2, 0.25) is 5.02 Å². The molecule has 15 heavy (non-hydrogen) atoms. The van der Waals surface area contributed by atoms with Crippen molar-refractivity contribution >= 4 is 17.4 Å². The second-order valence-corrected chi connectivity index (χ2v) is 3.17. The summed E-state index contributed by atoms with van der Waals surface area (Å²) < 4.78 is 13.3. The number of hydrazone groups is 1. The molecule has 0 atom stereocenters. The van der Waals surface area contributed by atoms with Gasteiger partial charge in [0.05, 0.1) is 5.02 Å². The summed E-state index contributed by atoms with van der Waals surface area (Å²) in [5.41, 5.74) is 13.6. The Morgan fingerprint density at radius 2 is 2.20 bits per heavy atom. The van der Waals surface area contributed by atoms with Crippen LogP contribution >= 0.6 is 11.6 Å². The number of rotatable bonds is 3. The smallest absolute Gasteiger partial charge is 0.152 e. The molecule has 0 spiro atoms. The minimum Gasteiger partial charge on any atom is -0.382 e. The first-order valence-electron chi connectivity index (χ1n) is 4.07. The van der Waals surface area contributed by atoms with Gasteiger partial charge in [-0.1, -0.05) is 11.6 Å². The van der Waals surface area contributed by atoms with Crippen LogP contribution in [-0.2, 0) is 6.54 Å². The van der Waals surface area contributed by atoms with E-state index in [1.165, 1.54) is 12.1 Å². The molecule has 0 saturated carbocycles. The number of hydrogen-bond acceptors (Lipinski definition) is 4. The van der Waals surface area contributed by atoms with E-state index in [4.69, 9.17) is 28.9 Å². The number of halogens is 2. The molecule has 0 amide bonds. The lowest BCUT2D eigenvalue weighted by molar-refractivity contribution is 0.611. The minimum atomic E-state index is -0.545. The van der Waals surface area contributed by atoms with Crippen LogP contribution in [0.1, 0.15) is 11.1 Å². The Morgan fingerprint density at radius 3 is 2.73 bits per heavy atom. The largest absolute Gasteiger partial charge is 0.382 e. The molecule has 0 aliphatic heterocycles. The third-order valence-electron chi connectivity index (χ3n) is 1.80. The molecule has 7 heteroatoms. The Bertz CT molecular complexity index is 393. The van der Waals surface area contributed by atoms with E-state index in [-0.39, 0.29) is 23.0 Å². The monoisotopic (exact) mass is 231 g/mol. The molecule has 0 aliphatic rings. The van der Waals surface area contributed by atoms with E-state index in [2.05, 4.69) is 5.10 Å². The van der Waals surface area contributed by atoms with Crippen LogP contribution in [0.15, 0.2) is 17.2 Å². The summed E-state index contributed by atoms with van der Waals surface area (Å²) in [4.78, 5) is 0. The molecule has 82 valence electrons. The van der Waals surface area contributed by atoms with E-state index in [0.717, 1.165) is 0 Å². The van der Waals surface area contributed by atoms with Gasteiger partial charge in [0, 0.05) is 17.7 Å². The maximum absolute atomic E-state index is 13.3. The van der Waals surface area contributed by atoms with Crippen molar-refractivity contribution in [3.8, 4) is 0 Å². The summed E-state index contributed by atoms with van der Waals surface area (Å²) in [5.74, 6) is 4.52. The van der Waals surface area contributed by atoms with Crippen LogP contribution < -0.4 is 22.8 Å². The average molecular weight is 232 g/mol. The summed E-state index contributed by atoms with van der Waals surface area (Å²) in [7, 11) is 0. The van der Waals surface area contributed by atoms with Crippen molar-refractivity contribution in [2.45, 2.75) is 6.54 Å². The molecule has 0 unspecified atom stereocenters. The van der Waals surface area contributed by atoms with Gasteiger partial charge >= 0.3 is 0 Å². The Kier molecular flexibility index (Phi) is 3.84. The molecular formula is C8H11ClFN5. The Balaban J connectivity index is 3.22. The average Bonchev–Trinajstić information content (AvgIpc) is 2.22. The number of nitrogens with two attached hydrogens (primary N) is 3. The van der Waals surface area contributed by atoms with Crippen LogP contribution in [0.5, 0.6) is 0 Å². The standard InChI is InChI=1S/C8H11ClFN5/c9-6-2-4(8(12)14-15-13)1-5(3-11)7(6)10/h1-2,15H,3,11,13H2,(H2,12,14). The van der Waals surface area contributed by atoms with E-state index >= 15 is 0 Å². The molecule has 1 aromatic carbocycles. The third-order valence-corrected chi connectivity index (χ3v) is 2.08. The maximum atomic E-state index is 13.3. The van der Waals surface area contributed by atoms with Crippen LogP contribution in [0.3, 0.4) is 0 Å². The topological polar surface area (TPSA) is 102 Å². The van der Waals surface area contributed by atoms with Crippen molar-refractivity contribution in [2.24, 2.45) is 22.4 Å². The van der Waals surface area contributed by atoms with Crippen molar-refractivity contribution in [3.63, 3.8) is 0 Å². The van der Waals surface area contributed by atoms with Crippen molar-refractivity contribution < 1.29 is 4.39 Å². The van der Waals surface area contributed by atoms with E-state index in [0.29, 0.717) is 5.56 Å². The highest BCUT2D eigenvalue weighted by atomic mass is 35.5. The molecule has 5 nitrogen and oxygen atoms in total. The molecule has 1 aromatic rings. The first kappa shape index (κ1) is 11.7. The Labute approximate surface area is 91.0 Å². The second-order valence-electron chi connectivity index (χ2n) is 2.76. The summed E-state index contributed by atoms with van der Waals surface area (Å²) >= 11 is 5.65. The molecule has 0 aliphatic carbocycles. The first-order chi connectivity index (χ1) is 7.10. The van der Waals surface area contributed by atoms with E-state index in [9.17, 15) is 4.39 Å². The molecule has 7 N–H and O–H groups in total. The lowest BCUT2D eigenvalue weighted by Crippen LogP contribution is -2.23. The van der Waals surface area contributed by atoms with E-state index in [1.807, 2.05) is 5.53 Å². The fourth-order valence-corrected chi connectivity index (χ4v) is 1.32. The van der Waals surface area contributed by atoms with E-state index in [1.54, 1.807) is 0 Å². The van der Waals surface area contributed by atoms with Gasteiger partial charge in [0.15, 0.2) is 5.84 Å². The third kappa shape index (κ3) is 2.56. The van der Waals surface area contributed by atoms with Gasteiger partial charge in [-0.3, -0.25) is 0 Å². The maximum Gasteiger partial charge on any atom is 0.152 e. The zero-order valence-electron chi connectivity index (χ0n) is 7.80. The first-order valence-corrected chi connectivity index (χ1v) is 4.45. The fraction of sp³-hybridized carbons (Fsp3) is 0.125. The molecule has 0 radical (unpaired) electrons. The van der Waals surface area contributed by atoms with Gasteiger partial charge in [0.1, 0.15) is 5.82 Å². The highest BCUT2D eigenvalue weighted by molar-refractivity contribution is 6.31. The molecule has 1 rings (SSSR count). The zero-order chi connectivity index (χ0) is 11.4. The number of hydrogen-bond donors (Lipinski definition) is 4. The van der Waals surface area contributed by atoms with Crippen molar-refractivity contribution in [1.29, 1.82) is 0 Å². The zero-order valence-corrected chi connectivity index (χ0v) is 8.55. The summed E-state index contributed by atoms with van der Waals surface area (Å²) in [6.45, 7) is 0.0305. The van der Waals surface area contributed by atoms with Crippen molar-refractivity contribution in [2.75, 3.05) is 0 Å². The normalized spacial score (nSPS) is 11.6. The molecule has 0 saturated heterocycles. The number of hydrazine groups is 1. The van der Waals surface area contributed by atoms with Crippen LogP contribution in [-0.4, -0.2) is 5.84 Å². The lowest BCUT2D eigenvalue weighted by Gasteiger charge is -2.06. The number of nitrogens with one attached hydrogen (secondary N) is 1. The fourth-order valence-electron chi connectivity index (χ4n) is 1.08. The highest BCUT2D eigenvalue weighted by Crippen LogP contribution is 2.20. The van der Waals surface area contributed by atoms with Gasteiger partial charge in [0.25, 0.3) is 0 Å². The SMILES string of the molecule is NCc1cc(/C(N)=N/NN)cc(Cl)c1F. The van der Waals surface area contributed by atoms with Gasteiger partial charge in [-0.25, -0.2) is 15.8 Å². The highest BCUT2D eigenvalue weighted by Gasteiger charge is 2.10. The predicted octanol–water partition coefficient (Wildman–Crippen LogP) is 0.0214. The molecule has 0 fully saturated rings. The molecular weight excluding hydrogens is 221 g/mol. The van der Waals surface area contributed by atoms with Gasteiger partial charge in [-0.05, 0) is 12.1 Å². The van der Waals surface area contributed by atoms with Gasteiger partial charge in [-0.2, -0.15) is 0 Å². The van der Waals surface area contributed by atoms with Crippen LogP contribution in [0.25, 0.3) is 0 Å².